The van der Waals surface area contributed by atoms with Crippen LogP contribution in [-0.4, -0.2) is 9.78 Å². The van der Waals surface area contributed by atoms with Crippen LogP contribution in [0, 0.1) is 0 Å². The summed E-state index contributed by atoms with van der Waals surface area (Å²) in [5, 5.41) is 3.83. The average Bonchev–Trinajstić information content (AvgIpc) is 2.61. The number of aromatic nitrogens is 2. The first-order chi connectivity index (χ1) is 7.89. The van der Waals surface area contributed by atoms with E-state index < -0.39 is 11.9 Å². The third-order valence-corrected chi connectivity index (χ3v) is 2.65. The summed E-state index contributed by atoms with van der Waals surface area (Å²) in [6.45, 7) is 0. The lowest BCUT2D eigenvalue weighted by Crippen LogP contribution is -2.06. The fourth-order valence-corrected chi connectivity index (χ4v) is 1.76. The highest BCUT2D eigenvalue weighted by atomic mass is 35.5. The standard InChI is InChI=1S/C11H8ClF3N2/c1-17-9(6-10(16-17)11(13,14)15)7-4-2-3-5-8(7)12/h2-6H,1H3. The predicted octanol–water partition coefficient (Wildman–Crippen LogP) is 3.76. The number of hydrogen-bond acceptors (Lipinski definition) is 1. The van der Waals surface area contributed by atoms with Gasteiger partial charge < -0.3 is 0 Å². The molecule has 2 nitrogen and oxygen atoms in total. The molecule has 0 aliphatic rings. The minimum absolute atomic E-state index is 0.336. The van der Waals surface area contributed by atoms with Crippen molar-refractivity contribution in [2.24, 2.45) is 7.05 Å². The zero-order chi connectivity index (χ0) is 12.6. The molecule has 0 saturated carbocycles. The van der Waals surface area contributed by atoms with Crippen molar-refractivity contribution in [1.82, 2.24) is 9.78 Å². The van der Waals surface area contributed by atoms with Gasteiger partial charge in [-0.2, -0.15) is 18.3 Å². The monoisotopic (exact) mass is 260 g/mol. The van der Waals surface area contributed by atoms with Gasteiger partial charge in [-0.05, 0) is 12.1 Å². The van der Waals surface area contributed by atoms with Crippen LogP contribution in [0.4, 0.5) is 13.2 Å². The van der Waals surface area contributed by atoms with Gasteiger partial charge >= 0.3 is 6.18 Å². The van der Waals surface area contributed by atoms with Gasteiger partial charge in [-0.1, -0.05) is 29.8 Å². The molecule has 17 heavy (non-hydrogen) atoms. The van der Waals surface area contributed by atoms with Gasteiger partial charge in [0.15, 0.2) is 5.69 Å². The van der Waals surface area contributed by atoms with Gasteiger partial charge in [0, 0.05) is 17.6 Å². The predicted molar refractivity (Wildman–Crippen MR) is 58.7 cm³/mol. The number of alkyl halides is 3. The molecule has 1 heterocycles. The largest absolute Gasteiger partial charge is 0.435 e. The molecule has 0 aliphatic carbocycles. The van der Waals surface area contributed by atoms with Crippen molar-refractivity contribution in [3.63, 3.8) is 0 Å². The van der Waals surface area contributed by atoms with E-state index in [2.05, 4.69) is 5.10 Å². The average molecular weight is 261 g/mol. The summed E-state index contributed by atoms with van der Waals surface area (Å²) in [7, 11) is 1.45. The quantitative estimate of drug-likeness (QED) is 0.763. The molecule has 0 saturated heterocycles. The zero-order valence-corrected chi connectivity index (χ0v) is 9.55. The molecule has 0 bridgehead atoms. The fraction of sp³-hybridized carbons (Fsp3) is 0.182. The zero-order valence-electron chi connectivity index (χ0n) is 8.79. The highest BCUT2D eigenvalue weighted by Crippen LogP contribution is 2.33. The molecule has 6 heteroatoms. The summed E-state index contributed by atoms with van der Waals surface area (Å²) in [6.07, 6.45) is -4.45. The van der Waals surface area contributed by atoms with E-state index >= 15 is 0 Å². The van der Waals surface area contributed by atoms with Crippen molar-refractivity contribution in [1.29, 1.82) is 0 Å². The fourth-order valence-electron chi connectivity index (χ4n) is 1.53. The van der Waals surface area contributed by atoms with Crippen LogP contribution in [0.5, 0.6) is 0 Å². The minimum atomic E-state index is -4.45. The lowest BCUT2D eigenvalue weighted by Gasteiger charge is -2.03. The Bertz CT molecular complexity index is 546. The second kappa shape index (κ2) is 4.07. The van der Waals surface area contributed by atoms with Crippen molar-refractivity contribution >= 4 is 11.6 Å². The lowest BCUT2D eigenvalue weighted by molar-refractivity contribution is -0.141. The number of halogens is 4. The molecule has 0 atom stereocenters. The van der Waals surface area contributed by atoms with Crippen molar-refractivity contribution in [3.05, 3.63) is 41.0 Å². The summed E-state index contributed by atoms with van der Waals surface area (Å²) < 4.78 is 38.6. The maximum absolute atomic E-state index is 12.5. The summed E-state index contributed by atoms with van der Waals surface area (Å²) in [6, 6.07) is 7.69. The Morgan fingerprint density at radius 1 is 1.24 bits per heavy atom. The smallest absolute Gasteiger partial charge is 0.267 e. The third-order valence-electron chi connectivity index (χ3n) is 2.32. The second-order valence-corrected chi connectivity index (χ2v) is 3.92. The van der Waals surface area contributed by atoms with Gasteiger partial charge in [0.25, 0.3) is 0 Å². The van der Waals surface area contributed by atoms with E-state index in [1.165, 1.54) is 11.7 Å². The number of rotatable bonds is 1. The number of nitrogens with zero attached hydrogens (tertiary/aromatic N) is 2. The Morgan fingerprint density at radius 3 is 2.41 bits per heavy atom. The molecule has 0 amide bonds. The first-order valence-electron chi connectivity index (χ1n) is 4.76. The van der Waals surface area contributed by atoms with E-state index in [9.17, 15) is 13.2 Å². The van der Waals surface area contributed by atoms with Crippen molar-refractivity contribution in [3.8, 4) is 11.3 Å². The van der Waals surface area contributed by atoms with Crippen LogP contribution in [0.1, 0.15) is 5.69 Å². The summed E-state index contributed by atoms with van der Waals surface area (Å²) in [5.41, 5.74) is -0.0579. The molecule has 0 unspecified atom stereocenters. The van der Waals surface area contributed by atoms with Crippen molar-refractivity contribution in [2.45, 2.75) is 6.18 Å². The number of benzene rings is 1. The van der Waals surface area contributed by atoms with Gasteiger partial charge in [0.1, 0.15) is 0 Å². The Labute approximate surface area is 101 Å². The maximum Gasteiger partial charge on any atom is 0.435 e. The van der Waals surface area contributed by atoms with Crippen molar-refractivity contribution in [2.75, 3.05) is 0 Å². The van der Waals surface area contributed by atoms with E-state index in [-0.39, 0.29) is 0 Å². The Morgan fingerprint density at radius 2 is 1.88 bits per heavy atom. The van der Waals surface area contributed by atoms with Crippen LogP contribution in [0.25, 0.3) is 11.3 Å². The van der Waals surface area contributed by atoms with E-state index in [1.54, 1.807) is 24.3 Å². The SMILES string of the molecule is Cn1nc(C(F)(F)F)cc1-c1ccccc1Cl. The summed E-state index contributed by atoms with van der Waals surface area (Å²) in [5.74, 6) is 0. The van der Waals surface area contributed by atoms with Crippen LogP contribution in [0.3, 0.4) is 0 Å². The van der Waals surface area contributed by atoms with E-state index in [4.69, 9.17) is 11.6 Å². The van der Waals surface area contributed by atoms with Crippen LogP contribution >= 0.6 is 11.6 Å². The van der Waals surface area contributed by atoms with Gasteiger partial charge in [0.2, 0.25) is 0 Å². The highest BCUT2D eigenvalue weighted by Gasteiger charge is 2.34. The van der Waals surface area contributed by atoms with Gasteiger partial charge in [-0.15, -0.1) is 0 Å². The van der Waals surface area contributed by atoms with Crippen molar-refractivity contribution < 1.29 is 13.2 Å². The third kappa shape index (κ3) is 2.29. The molecule has 2 rings (SSSR count). The first kappa shape index (κ1) is 12.0. The molecule has 0 N–H and O–H groups in total. The van der Waals surface area contributed by atoms with Crippen LogP contribution in [0.15, 0.2) is 30.3 Å². The molecule has 0 radical (unpaired) electrons. The second-order valence-electron chi connectivity index (χ2n) is 3.52. The molecule has 1 aromatic carbocycles. The molecular formula is C11H8ClF3N2. The molecule has 1 aromatic heterocycles. The van der Waals surface area contributed by atoms with Crippen LogP contribution in [0.2, 0.25) is 5.02 Å². The summed E-state index contributed by atoms with van der Waals surface area (Å²) in [4.78, 5) is 0. The molecule has 0 spiro atoms. The molecule has 0 fully saturated rings. The van der Waals surface area contributed by atoms with Gasteiger partial charge in [-0.3, -0.25) is 4.68 Å². The molecule has 0 aliphatic heterocycles. The normalized spacial score (nSPS) is 11.8. The Kier molecular flexibility index (Phi) is 2.87. The number of aryl methyl sites for hydroxylation is 1. The van der Waals surface area contributed by atoms with Crippen LogP contribution < -0.4 is 0 Å². The summed E-state index contributed by atoms with van der Waals surface area (Å²) >= 11 is 5.93. The number of hydrogen-bond donors (Lipinski definition) is 0. The topological polar surface area (TPSA) is 17.8 Å². The molecule has 90 valence electrons. The Balaban J connectivity index is 2.55. The lowest BCUT2D eigenvalue weighted by atomic mass is 10.1. The van der Waals surface area contributed by atoms with E-state index in [1.807, 2.05) is 0 Å². The minimum Gasteiger partial charge on any atom is -0.267 e. The Hall–Kier alpha value is -1.49. The highest BCUT2D eigenvalue weighted by molar-refractivity contribution is 6.33. The van der Waals surface area contributed by atoms with Crippen LogP contribution in [-0.2, 0) is 13.2 Å². The van der Waals surface area contributed by atoms with E-state index in [0.717, 1.165) is 6.07 Å². The van der Waals surface area contributed by atoms with E-state index in [0.29, 0.717) is 16.3 Å². The van der Waals surface area contributed by atoms with Gasteiger partial charge in [0.05, 0.1) is 5.69 Å². The maximum atomic E-state index is 12.5. The molecular weight excluding hydrogens is 253 g/mol. The first-order valence-corrected chi connectivity index (χ1v) is 5.13. The molecule has 2 aromatic rings. The van der Waals surface area contributed by atoms with Gasteiger partial charge in [-0.25, -0.2) is 0 Å².